The Kier molecular flexibility index (Phi) is 7.87. The number of hydrogen-bond acceptors (Lipinski definition) is 3. The summed E-state index contributed by atoms with van der Waals surface area (Å²) in [6.45, 7) is 7.14. The summed E-state index contributed by atoms with van der Waals surface area (Å²) in [5.74, 6) is 1.80. The van der Waals surface area contributed by atoms with Crippen LogP contribution in [-0.4, -0.2) is 61.6 Å². The Morgan fingerprint density at radius 1 is 1.23 bits per heavy atom. The van der Waals surface area contributed by atoms with E-state index in [9.17, 15) is 0 Å². The van der Waals surface area contributed by atoms with Gasteiger partial charge in [-0.05, 0) is 70.3 Å². The van der Waals surface area contributed by atoms with Gasteiger partial charge in [-0.2, -0.15) is 11.8 Å². The highest BCUT2D eigenvalue weighted by Crippen LogP contribution is 2.28. The Bertz CT molecular complexity index is 340. The molecule has 2 N–H and O–H groups in total. The first kappa shape index (κ1) is 17.9. The predicted octanol–water partition coefficient (Wildman–Crippen LogP) is 2.56. The highest BCUT2D eigenvalue weighted by Gasteiger charge is 2.25. The number of rotatable bonds is 6. The van der Waals surface area contributed by atoms with Crippen molar-refractivity contribution < 1.29 is 0 Å². The molecule has 1 aliphatic carbocycles. The summed E-state index contributed by atoms with van der Waals surface area (Å²) in [5.41, 5.74) is 0. The number of likely N-dealkylation sites (tertiary alicyclic amines) is 1. The minimum atomic E-state index is 0.607. The van der Waals surface area contributed by atoms with E-state index < -0.39 is 0 Å². The standard InChI is InChI=1S/C17H34N4S/c1-4-9-21-10-7-14(8-11-21)13-19-17(18-2)20-15-5-6-16(12-15)22-3/h14-16H,4-13H2,1-3H3,(H2,18,19,20). The third-order valence-corrected chi connectivity index (χ3v) is 6.18. The van der Waals surface area contributed by atoms with Crippen LogP contribution in [0.1, 0.15) is 45.4 Å². The molecule has 0 spiro atoms. The average molecular weight is 327 g/mol. The van der Waals surface area contributed by atoms with Crippen LogP contribution in [0.3, 0.4) is 0 Å². The van der Waals surface area contributed by atoms with Crippen molar-refractivity contribution in [2.75, 3.05) is 39.5 Å². The SMILES string of the molecule is CCCN1CCC(CNC(=NC)NC2CCC(SC)C2)CC1. The zero-order chi connectivity index (χ0) is 15.8. The smallest absolute Gasteiger partial charge is 0.191 e. The number of nitrogens with one attached hydrogen (secondary N) is 2. The summed E-state index contributed by atoms with van der Waals surface area (Å²) in [7, 11) is 1.89. The minimum Gasteiger partial charge on any atom is -0.356 e. The molecule has 128 valence electrons. The maximum Gasteiger partial charge on any atom is 0.191 e. The van der Waals surface area contributed by atoms with E-state index in [4.69, 9.17) is 0 Å². The number of aliphatic imine (C=N–C) groups is 1. The van der Waals surface area contributed by atoms with Gasteiger partial charge in [-0.15, -0.1) is 0 Å². The molecule has 2 unspecified atom stereocenters. The molecule has 2 aliphatic rings. The van der Waals surface area contributed by atoms with E-state index in [2.05, 4.69) is 33.7 Å². The van der Waals surface area contributed by atoms with Crippen LogP contribution < -0.4 is 10.6 Å². The number of thioether (sulfide) groups is 1. The van der Waals surface area contributed by atoms with E-state index in [1.54, 1.807) is 0 Å². The van der Waals surface area contributed by atoms with Gasteiger partial charge in [0.05, 0.1) is 0 Å². The Hall–Kier alpha value is -0.420. The quantitative estimate of drug-likeness (QED) is 0.581. The molecule has 0 aromatic rings. The van der Waals surface area contributed by atoms with Gasteiger partial charge < -0.3 is 15.5 Å². The molecule has 1 heterocycles. The van der Waals surface area contributed by atoms with E-state index in [1.807, 2.05) is 18.8 Å². The van der Waals surface area contributed by atoms with Crippen molar-refractivity contribution in [2.45, 2.75) is 56.7 Å². The molecule has 2 fully saturated rings. The second-order valence-electron chi connectivity index (χ2n) is 6.75. The van der Waals surface area contributed by atoms with Gasteiger partial charge >= 0.3 is 0 Å². The molecule has 2 atom stereocenters. The normalized spacial score (nSPS) is 28.0. The van der Waals surface area contributed by atoms with Gasteiger partial charge in [0.25, 0.3) is 0 Å². The van der Waals surface area contributed by atoms with Crippen molar-refractivity contribution >= 4 is 17.7 Å². The number of piperidine rings is 1. The summed E-state index contributed by atoms with van der Waals surface area (Å²) >= 11 is 2.01. The Morgan fingerprint density at radius 3 is 2.59 bits per heavy atom. The van der Waals surface area contributed by atoms with Gasteiger partial charge in [0.15, 0.2) is 5.96 Å². The lowest BCUT2D eigenvalue weighted by atomic mass is 9.97. The monoisotopic (exact) mass is 326 g/mol. The first-order valence-corrected chi connectivity index (χ1v) is 10.3. The van der Waals surface area contributed by atoms with E-state index in [0.717, 1.165) is 23.7 Å². The number of nitrogens with zero attached hydrogens (tertiary/aromatic N) is 2. The molecular formula is C17H34N4S. The first-order chi connectivity index (χ1) is 10.7. The molecule has 0 aromatic carbocycles. The number of guanidine groups is 1. The number of hydrogen-bond donors (Lipinski definition) is 2. The van der Waals surface area contributed by atoms with Crippen LogP contribution in [0.5, 0.6) is 0 Å². The summed E-state index contributed by atoms with van der Waals surface area (Å²) in [6, 6.07) is 0.607. The van der Waals surface area contributed by atoms with Gasteiger partial charge in [0.1, 0.15) is 0 Å². The van der Waals surface area contributed by atoms with Crippen molar-refractivity contribution in [3.05, 3.63) is 0 Å². The second-order valence-corrected chi connectivity index (χ2v) is 7.89. The highest BCUT2D eigenvalue weighted by atomic mass is 32.2. The Balaban J connectivity index is 1.65. The van der Waals surface area contributed by atoms with Crippen LogP contribution in [0, 0.1) is 5.92 Å². The molecule has 22 heavy (non-hydrogen) atoms. The zero-order valence-corrected chi connectivity index (χ0v) is 15.4. The maximum absolute atomic E-state index is 4.41. The van der Waals surface area contributed by atoms with Crippen molar-refractivity contribution in [1.82, 2.24) is 15.5 Å². The fourth-order valence-corrected chi connectivity index (χ4v) is 4.44. The first-order valence-electron chi connectivity index (χ1n) is 8.97. The Morgan fingerprint density at radius 2 is 2.00 bits per heavy atom. The van der Waals surface area contributed by atoms with Crippen LogP contribution >= 0.6 is 11.8 Å². The molecule has 5 heteroatoms. The predicted molar refractivity (Wildman–Crippen MR) is 98.9 cm³/mol. The van der Waals surface area contributed by atoms with Gasteiger partial charge in [-0.25, -0.2) is 0 Å². The highest BCUT2D eigenvalue weighted by molar-refractivity contribution is 7.99. The molecule has 1 aliphatic heterocycles. The van der Waals surface area contributed by atoms with Crippen LogP contribution in [0.15, 0.2) is 4.99 Å². The third-order valence-electron chi connectivity index (χ3n) is 5.09. The minimum absolute atomic E-state index is 0.607. The molecule has 1 saturated carbocycles. The van der Waals surface area contributed by atoms with Gasteiger partial charge in [0, 0.05) is 24.9 Å². The maximum atomic E-state index is 4.41. The van der Waals surface area contributed by atoms with Crippen LogP contribution in [-0.2, 0) is 0 Å². The van der Waals surface area contributed by atoms with Crippen LogP contribution in [0.4, 0.5) is 0 Å². The Labute approximate surface area is 140 Å². The molecule has 0 aromatic heterocycles. The average Bonchev–Trinajstić information content (AvgIpc) is 3.00. The lowest BCUT2D eigenvalue weighted by Crippen LogP contribution is -2.45. The molecular weight excluding hydrogens is 292 g/mol. The van der Waals surface area contributed by atoms with Crippen molar-refractivity contribution in [1.29, 1.82) is 0 Å². The summed E-state index contributed by atoms with van der Waals surface area (Å²) < 4.78 is 0. The van der Waals surface area contributed by atoms with E-state index in [-0.39, 0.29) is 0 Å². The molecule has 0 amide bonds. The summed E-state index contributed by atoms with van der Waals surface area (Å²) in [6.07, 6.45) is 10.0. The topological polar surface area (TPSA) is 39.7 Å². The van der Waals surface area contributed by atoms with Crippen molar-refractivity contribution in [2.24, 2.45) is 10.9 Å². The summed E-state index contributed by atoms with van der Waals surface area (Å²) in [4.78, 5) is 7.01. The zero-order valence-electron chi connectivity index (χ0n) is 14.6. The fraction of sp³-hybridized carbons (Fsp3) is 0.941. The van der Waals surface area contributed by atoms with E-state index >= 15 is 0 Å². The third kappa shape index (κ3) is 5.65. The van der Waals surface area contributed by atoms with Crippen LogP contribution in [0.2, 0.25) is 0 Å². The van der Waals surface area contributed by atoms with Gasteiger partial charge in [0.2, 0.25) is 0 Å². The molecule has 0 bridgehead atoms. The largest absolute Gasteiger partial charge is 0.356 e. The summed E-state index contributed by atoms with van der Waals surface area (Å²) in [5, 5.41) is 8.00. The lowest BCUT2D eigenvalue weighted by Gasteiger charge is -2.32. The molecule has 0 radical (unpaired) electrons. The van der Waals surface area contributed by atoms with Crippen molar-refractivity contribution in [3.8, 4) is 0 Å². The fourth-order valence-electron chi connectivity index (χ4n) is 3.64. The second kappa shape index (κ2) is 9.66. The van der Waals surface area contributed by atoms with Crippen LogP contribution in [0.25, 0.3) is 0 Å². The van der Waals surface area contributed by atoms with Gasteiger partial charge in [-0.1, -0.05) is 6.92 Å². The van der Waals surface area contributed by atoms with E-state index in [0.29, 0.717) is 6.04 Å². The van der Waals surface area contributed by atoms with E-state index in [1.165, 1.54) is 58.2 Å². The molecule has 1 saturated heterocycles. The molecule has 2 rings (SSSR count). The molecule has 4 nitrogen and oxygen atoms in total. The van der Waals surface area contributed by atoms with Gasteiger partial charge in [-0.3, -0.25) is 4.99 Å². The lowest BCUT2D eigenvalue weighted by molar-refractivity contribution is 0.185. The van der Waals surface area contributed by atoms with Crippen molar-refractivity contribution in [3.63, 3.8) is 0 Å².